The maximum atomic E-state index is 5.93. The molecular formula is C14H25N3O. The van der Waals surface area contributed by atoms with E-state index < -0.39 is 0 Å². The molecule has 4 heteroatoms. The van der Waals surface area contributed by atoms with Crippen molar-refractivity contribution in [1.29, 1.82) is 0 Å². The topological polar surface area (TPSA) is 47.0 Å². The summed E-state index contributed by atoms with van der Waals surface area (Å²) in [5, 5.41) is 3.28. The Labute approximate surface area is 110 Å². The summed E-state index contributed by atoms with van der Waals surface area (Å²) in [6, 6.07) is 1.95. The van der Waals surface area contributed by atoms with E-state index in [0.29, 0.717) is 6.61 Å². The van der Waals surface area contributed by atoms with E-state index in [9.17, 15) is 0 Å². The molecule has 0 unspecified atom stereocenters. The molecule has 1 aromatic rings. The molecule has 0 bridgehead atoms. The van der Waals surface area contributed by atoms with E-state index in [1.54, 1.807) is 0 Å². The highest BCUT2D eigenvalue weighted by molar-refractivity contribution is 5.08. The fourth-order valence-corrected chi connectivity index (χ4v) is 2.08. The Balaban J connectivity index is 2.97. The molecule has 0 saturated heterocycles. The van der Waals surface area contributed by atoms with Gasteiger partial charge in [-0.2, -0.15) is 0 Å². The molecule has 0 aliphatic heterocycles. The third kappa shape index (κ3) is 3.50. The summed E-state index contributed by atoms with van der Waals surface area (Å²) < 4.78 is 5.93. The third-order valence-electron chi connectivity index (χ3n) is 3.24. The molecule has 0 saturated carbocycles. The average molecular weight is 251 g/mol. The molecule has 102 valence electrons. The Hall–Kier alpha value is -1.00. The Morgan fingerprint density at radius 3 is 2.50 bits per heavy atom. The van der Waals surface area contributed by atoms with Gasteiger partial charge in [0, 0.05) is 19.3 Å². The van der Waals surface area contributed by atoms with Crippen LogP contribution in [0.4, 0.5) is 0 Å². The zero-order valence-electron chi connectivity index (χ0n) is 12.0. The molecule has 1 rings (SSSR count). The predicted octanol–water partition coefficient (Wildman–Crippen LogP) is 2.64. The molecule has 0 fully saturated rings. The minimum atomic E-state index is -0.336. The minimum absolute atomic E-state index is 0.336. The quantitative estimate of drug-likeness (QED) is 0.771. The van der Waals surface area contributed by atoms with Gasteiger partial charge in [-0.15, -0.1) is 0 Å². The van der Waals surface area contributed by atoms with E-state index >= 15 is 0 Å². The van der Waals surface area contributed by atoms with Crippen molar-refractivity contribution in [3.63, 3.8) is 0 Å². The highest BCUT2D eigenvalue weighted by Gasteiger charge is 2.32. The van der Waals surface area contributed by atoms with E-state index in [0.717, 1.165) is 37.4 Å². The van der Waals surface area contributed by atoms with Crippen molar-refractivity contribution in [2.75, 3.05) is 13.2 Å². The number of nitrogens with zero attached hydrogens (tertiary/aromatic N) is 2. The standard InChI is InChI=1S/C14H25N3O/c1-5-14(6-2,18-8-4)13-16-10-9-12(17-13)11-15-7-3/h9-10,15H,5-8,11H2,1-4H3. The predicted molar refractivity (Wildman–Crippen MR) is 73.3 cm³/mol. The van der Waals surface area contributed by atoms with Gasteiger partial charge in [0.15, 0.2) is 5.82 Å². The lowest BCUT2D eigenvalue weighted by atomic mass is 9.96. The molecule has 1 N–H and O–H groups in total. The van der Waals surface area contributed by atoms with Gasteiger partial charge >= 0.3 is 0 Å². The number of nitrogens with one attached hydrogen (secondary N) is 1. The summed E-state index contributed by atoms with van der Waals surface area (Å²) in [5.41, 5.74) is 0.685. The molecular weight excluding hydrogens is 226 g/mol. The van der Waals surface area contributed by atoms with E-state index in [-0.39, 0.29) is 5.60 Å². The summed E-state index contributed by atoms with van der Waals surface area (Å²) in [5.74, 6) is 0.810. The molecule has 0 aromatic carbocycles. The number of rotatable bonds is 8. The second-order valence-electron chi connectivity index (χ2n) is 4.29. The van der Waals surface area contributed by atoms with Crippen molar-refractivity contribution in [3.05, 3.63) is 23.8 Å². The van der Waals surface area contributed by atoms with Crippen LogP contribution in [0.5, 0.6) is 0 Å². The molecule has 0 radical (unpaired) electrons. The van der Waals surface area contributed by atoms with E-state index in [2.05, 4.69) is 36.1 Å². The van der Waals surface area contributed by atoms with E-state index in [4.69, 9.17) is 4.74 Å². The number of ether oxygens (including phenoxy) is 1. The minimum Gasteiger partial charge on any atom is -0.367 e. The first kappa shape index (κ1) is 15.1. The highest BCUT2D eigenvalue weighted by Crippen LogP contribution is 2.30. The Morgan fingerprint density at radius 2 is 1.94 bits per heavy atom. The molecule has 0 aliphatic rings. The zero-order chi connectivity index (χ0) is 13.4. The molecule has 0 amide bonds. The monoisotopic (exact) mass is 251 g/mol. The van der Waals surface area contributed by atoms with Gasteiger partial charge in [0.25, 0.3) is 0 Å². The summed E-state index contributed by atoms with van der Waals surface area (Å²) in [6.07, 6.45) is 3.61. The smallest absolute Gasteiger partial charge is 0.160 e. The first-order chi connectivity index (χ1) is 8.72. The number of hydrogen-bond acceptors (Lipinski definition) is 4. The second-order valence-corrected chi connectivity index (χ2v) is 4.29. The Bertz CT molecular complexity index is 351. The first-order valence-corrected chi connectivity index (χ1v) is 6.89. The summed E-state index contributed by atoms with van der Waals surface area (Å²) in [4.78, 5) is 9.06. The molecule has 0 atom stereocenters. The van der Waals surface area contributed by atoms with E-state index in [1.807, 2.05) is 19.2 Å². The maximum absolute atomic E-state index is 5.93. The lowest BCUT2D eigenvalue weighted by molar-refractivity contribution is -0.0573. The van der Waals surface area contributed by atoms with Crippen LogP contribution in [0.15, 0.2) is 12.3 Å². The third-order valence-corrected chi connectivity index (χ3v) is 3.24. The van der Waals surface area contributed by atoms with Gasteiger partial charge in [-0.25, -0.2) is 9.97 Å². The first-order valence-electron chi connectivity index (χ1n) is 6.89. The molecule has 1 heterocycles. The fraction of sp³-hybridized carbons (Fsp3) is 0.714. The van der Waals surface area contributed by atoms with Crippen LogP contribution in [-0.4, -0.2) is 23.1 Å². The van der Waals surface area contributed by atoms with Crippen LogP contribution in [0.3, 0.4) is 0 Å². The zero-order valence-corrected chi connectivity index (χ0v) is 12.0. The summed E-state index contributed by atoms with van der Waals surface area (Å²) in [6.45, 7) is 10.8. The van der Waals surface area contributed by atoms with Crippen molar-refractivity contribution in [1.82, 2.24) is 15.3 Å². The average Bonchev–Trinajstić information content (AvgIpc) is 2.43. The second kappa shape index (κ2) is 7.44. The number of hydrogen-bond donors (Lipinski definition) is 1. The fourth-order valence-electron chi connectivity index (χ4n) is 2.08. The van der Waals surface area contributed by atoms with Crippen molar-refractivity contribution < 1.29 is 4.74 Å². The van der Waals surface area contributed by atoms with Crippen LogP contribution >= 0.6 is 0 Å². The highest BCUT2D eigenvalue weighted by atomic mass is 16.5. The van der Waals surface area contributed by atoms with Gasteiger partial charge in [-0.05, 0) is 32.4 Å². The van der Waals surface area contributed by atoms with Crippen molar-refractivity contribution in [2.45, 2.75) is 52.7 Å². The van der Waals surface area contributed by atoms with Crippen LogP contribution in [0, 0.1) is 0 Å². The van der Waals surface area contributed by atoms with Gasteiger partial charge < -0.3 is 10.1 Å². The summed E-state index contributed by atoms with van der Waals surface area (Å²) in [7, 11) is 0. The van der Waals surface area contributed by atoms with Crippen molar-refractivity contribution in [2.24, 2.45) is 0 Å². The molecule has 18 heavy (non-hydrogen) atoms. The molecule has 0 spiro atoms. The largest absolute Gasteiger partial charge is 0.367 e. The van der Waals surface area contributed by atoms with Crippen LogP contribution in [0.2, 0.25) is 0 Å². The van der Waals surface area contributed by atoms with Gasteiger partial charge in [0.2, 0.25) is 0 Å². The molecule has 0 aliphatic carbocycles. The molecule has 1 aromatic heterocycles. The lowest BCUT2D eigenvalue weighted by Crippen LogP contribution is -2.31. The Kier molecular flexibility index (Phi) is 6.22. The normalized spacial score (nSPS) is 11.8. The Morgan fingerprint density at radius 1 is 1.22 bits per heavy atom. The van der Waals surface area contributed by atoms with Crippen LogP contribution in [-0.2, 0) is 16.9 Å². The van der Waals surface area contributed by atoms with E-state index in [1.165, 1.54) is 0 Å². The van der Waals surface area contributed by atoms with Gasteiger partial charge in [-0.1, -0.05) is 20.8 Å². The van der Waals surface area contributed by atoms with Crippen molar-refractivity contribution in [3.8, 4) is 0 Å². The van der Waals surface area contributed by atoms with Crippen LogP contribution in [0.25, 0.3) is 0 Å². The lowest BCUT2D eigenvalue weighted by Gasteiger charge is -2.30. The van der Waals surface area contributed by atoms with Gasteiger partial charge in [0.1, 0.15) is 5.60 Å². The SMILES string of the molecule is CCNCc1ccnc(C(CC)(CC)OCC)n1. The van der Waals surface area contributed by atoms with Gasteiger partial charge in [0.05, 0.1) is 5.69 Å². The van der Waals surface area contributed by atoms with Crippen LogP contribution < -0.4 is 5.32 Å². The summed E-state index contributed by atoms with van der Waals surface area (Å²) >= 11 is 0. The van der Waals surface area contributed by atoms with Crippen LogP contribution in [0.1, 0.15) is 52.1 Å². The maximum Gasteiger partial charge on any atom is 0.160 e. The van der Waals surface area contributed by atoms with Crippen molar-refractivity contribution >= 4 is 0 Å². The van der Waals surface area contributed by atoms with Gasteiger partial charge in [-0.3, -0.25) is 0 Å². The number of aromatic nitrogens is 2. The molecule has 4 nitrogen and oxygen atoms in total.